The lowest BCUT2D eigenvalue weighted by Gasteiger charge is -2.16. The van der Waals surface area contributed by atoms with Crippen LogP contribution in [0.3, 0.4) is 0 Å². The molecule has 0 aliphatic carbocycles. The molecule has 0 saturated carbocycles. The first-order valence-corrected chi connectivity index (χ1v) is 8.17. The van der Waals surface area contributed by atoms with Crippen molar-refractivity contribution in [2.75, 3.05) is 0 Å². The second kappa shape index (κ2) is 7.18. The van der Waals surface area contributed by atoms with E-state index in [4.69, 9.17) is 5.73 Å². The fourth-order valence-electron chi connectivity index (χ4n) is 2.87. The number of hydrogen-bond acceptors (Lipinski definition) is 2. The maximum absolute atomic E-state index is 12.5. The molecule has 2 amide bonds. The summed E-state index contributed by atoms with van der Waals surface area (Å²) in [5.74, 6) is -0.849. The third-order valence-electron chi connectivity index (χ3n) is 4.18. The first-order chi connectivity index (χ1) is 12.0. The maximum atomic E-state index is 12.5. The molecule has 126 valence electrons. The molecule has 0 spiro atoms. The summed E-state index contributed by atoms with van der Waals surface area (Å²) in [6, 6.07) is 20.3. The molecular formula is C21H20N2O2. The largest absolute Gasteiger partial charge is 0.368 e. The Balaban J connectivity index is 1.78. The van der Waals surface area contributed by atoms with Crippen LogP contribution in [-0.2, 0) is 11.2 Å². The Kier molecular flexibility index (Phi) is 4.80. The second-order valence-corrected chi connectivity index (χ2v) is 6.18. The Hall–Kier alpha value is -3.14. The van der Waals surface area contributed by atoms with Gasteiger partial charge in [-0.2, -0.15) is 0 Å². The van der Waals surface area contributed by atoms with Crippen molar-refractivity contribution in [1.82, 2.24) is 5.32 Å². The Morgan fingerprint density at radius 3 is 2.44 bits per heavy atom. The zero-order chi connectivity index (χ0) is 17.8. The van der Waals surface area contributed by atoms with Crippen LogP contribution in [0.4, 0.5) is 0 Å². The van der Waals surface area contributed by atoms with Crippen molar-refractivity contribution in [3.8, 4) is 0 Å². The summed E-state index contributed by atoms with van der Waals surface area (Å²) in [6.45, 7) is 1.98. The van der Waals surface area contributed by atoms with Gasteiger partial charge in [0.2, 0.25) is 5.91 Å². The Morgan fingerprint density at radius 2 is 1.72 bits per heavy atom. The highest BCUT2D eigenvalue weighted by Gasteiger charge is 2.19. The Labute approximate surface area is 146 Å². The highest BCUT2D eigenvalue weighted by molar-refractivity contribution is 6.00. The normalized spacial score (nSPS) is 11.9. The number of nitrogens with one attached hydrogen (secondary N) is 1. The zero-order valence-corrected chi connectivity index (χ0v) is 14.0. The number of aryl methyl sites for hydroxylation is 1. The second-order valence-electron chi connectivity index (χ2n) is 6.18. The molecule has 3 rings (SSSR count). The van der Waals surface area contributed by atoms with Crippen molar-refractivity contribution in [3.63, 3.8) is 0 Å². The summed E-state index contributed by atoms with van der Waals surface area (Å²) < 4.78 is 0. The summed E-state index contributed by atoms with van der Waals surface area (Å²) in [4.78, 5) is 24.3. The fraction of sp³-hybridized carbons (Fsp3) is 0.143. The summed E-state index contributed by atoms with van der Waals surface area (Å²) in [6.07, 6.45) is 0.371. The summed E-state index contributed by atoms with van der Waals surface area (Å²) in [5, 5.41) is 4.79. The predicted molar refractivity (Wildman–Crippen MR) is 99.3 cm³/mol. The SMILES string of the molecule is Cc1cccc(C[C@@H](NC(=O)c2ccc3ccccc3c2)C(N)=O)c1. The smallest absolute Gasteiger partial charge is 0.251 e. The van der Waals surface area contributed by atoms with Gasteiger partial charge >= 0.3 is 0 Å². The standard InChI is InChI=1S/C21H20N2O2/c1-14-5-4-6-15(11-14)12-19(20(22)24)23-21(25)18-10-9-16-7-2-3-8-17(16)13-18/h2-11,13,19H,12H2,1H3,(H2,22,24)(H,23,25)/t19-/m1/s1. The third kappa shape index (κ3) is 4.04. The van der Waals surface area contributed by atoms with E-state index in [1.807, 2.05) is 67.6 Å². The zero-order valence-electron chi connectivity index (χ0n) is 14.0. The lowest BCUT2D eigenvalue weighted by Crippen LogP contribution is -2.45. The molecule has 4 heteroatoms. The minimum atomic E-state index is -0.749. The van der Waals surface area contributed by atoms with Crippen LogP contribution in [0.1, 0.15) is 21.5 Å². The number of nitrogens with two attached hydrogens (primary N) is 1. The molecular weight excluding hydrogens is 312 g/mol. The van der Waals surface area contributed by atoms with E-state index in [9.17, 15) is 9.59 Å². The van der Waals surface area contributed by atoms with E-state index in [0.29, 0.717) is 12.0 Å². The van der Waals surface area contributed by atoms with Crippen molar-refractivity contribution in [2.45, 2.75) is 19.4 Å². The van der Waals surface area contributed by atoms with Gasteiger partial charge in [0.15, 0.2) is 0 Å². The average molecular weight is 332 g/mol. The van der Waals surface area contributed by atoms with Crippen LogP contribution in [0.5, 0.6) is 0 Å². The van der Waals surface area contributed by atoms with Gasteiger partial charge in [0.05, 0.1) is 0 Å². The highest BCUT2D eigenvalue weighted by Crippen LogP contribution is 2.16. The molecule has 1 atom stereocenters. The number of primary amides is 1. The van der Waals surface area contributed by atoms with Gasteiger partial charge in [-0.25, -0.2) is 0 Å². The van der Waals surface area contributed by atoms with Gasteiger partial charge in [-0.3, -0.25) is 9.59 Å². The van der Waals surface area contributed by atoms with Crippen LogP contribution in [0.2, 0.25) is 0 Å². The lowest BCUT2D eigenvalue weighted by molar-refractivity contribution is -0.119. The van der Waals surface area contributed by atoms with Gasteiger partial charge in [0, 0.05) is 12.0 Å². The molecule has 3 N–H and O–H groups in total. The topological polar surface area (TPSA) is 72.2 Å². The summed E-state index contributed by atoms with van der Waals surface area (Å²) in [5.41, 5.74) is 8.05. The quantitative estimate of drug-likeness (QED) is 0.754. The highest BCUT2D eigenvalue weighted by atomic mass is 16.2. The minimum absolute atomic E-state index is 0.304. The Morgan fingerprint density at radius 1 is 0.960 bits per heavy atom. The number of carbonyl (C=O) groups excluding carboxylic acids is 2. The van der Waals surface area contributed by atoms with Crippen LogP contribution in [0.15, 0.2) is 66.7 Å². The number of hydrogen-bond donors (Lipinski definition) is 2. The van der Waals surface area contributed by atoms with Crippen LogP contribution in [0, 0.1) is 6.92 Å². The van der Waals surface area contributed by atoms with Crippen molar-refractivity contribution in [3.05, 3.63) is 83.4 Å². The van der Waals surface area contributed by atoms with Gasteiger partial charge in [0.1, 0.15) is 6.04 Å². The van der Waals surface area contributed by atoms with E-state index in [0.717, 1.165) is 21.9 Å². The van der Waals surface area contributed by atoms with Crippen LogP contribution in [-0.4, -0.2) is 17.9 Å². The molecule has 3 aromatic rings. The number of rotatable bonds is 5. The van der Waals surface area contributed by atoms with E-state index in [-0.39, 0.29) is 5.91 Å². The first kappa shape index (κ1) is 16.7. The van der Waals surface area contributed by atoms with Crippen LogP contribution in [0.25, 0.3) is 10.8 Å². The van der Waals surface area contributed by atoms with Crippen LogP contribution >= 0.6 is 0 Å². The molecule has 25 heavy (non-hydrogen) atoms. The predicted octanol–water partition coefficient (Wildman–Crippen LogP) is 2.97. The molecule has 0 aliphatic heterocycles. The van der Waals surface area contributed by atoms with E-state index < -0.39 is 11.9 Å². The molecule has 0 heterocycles. The van der Waals surface area contributed by atoms with Gasteiger partial charge in [-0.1, -0.05) is 60.2 Å². The maximum Gasteiger partial charge on any atom is 0.251 e. The number of benzene rings is 3. The van der Waals surface area contributed by atoms with Crippen molar-refractivity contribution in [1.29, 1.82) is 0 Å². The van der Waals surface area contributed by atoms with Crippen molar-refractivity contribution >= 4 is 22.6 Å². The molecule has 0 radical (unpaired) electrons. The lowest BCUT2D eigenvalue weighted by atomic mass is 10.0. The van der Waals surface area contributed by atoms with Gasteiger partial charge in [0.25, 0.3) is 5.91 Å². The third-order valence-corrected chi connectivity index (χ3v) is 4.18. The monoisotopic (exact) mass is 332 g/mol. The molecule has 0 fully saturated rings. The van der Waals surface area contributed by atoms with Crippen molar-refractivity contribution in [2.24, 2.45) is 5.73 Å². The molecule has 0 aromatic heterocycles. The minimum Gasteiger partial charge on any atom is -0.368 e. The van der Waals surface area contributed by atoms with Gasteiger partial charge < -0.3 is 11.1 Å². The molecule has 4 nitrogen and oxygen atoms in total. The van der Waals surface area contributed by atoms with E-state index in [1.165, 1.54) is 0 Å². The molecule has 0 unspecified atom stereocenters. The van der Waals surface area contributed by atoms with E-state index in [1.54, 1.807) is 6.07 Å². The van der Waals surface area contributed by atoms with E-state index in [2.05, 4.69) is 5.32 Å². The first-order valence-electron chi connectivity index (χ1n) is 8.17. The molecule has 0 bridgehead atoms. The number of amides is 2. The van der Waals surface area contributed by atoms with E-state index >= 15 is 0 Å². The Bertz CT molecular complexity index is 934. The molecule has 0 aliphatic rings. The fourth-order valence-corrected chi connectivity index (χ4v) is 2.87. The van der Waals surface area contributed by atoms with Gasteiger partial charge in [-0.15, -0.1) is 0 Å². The van der Waals surface area contributed by atoms with Gasteiger partial charge in [-0.05, 0) is 35.4 Å². The summed E-state index contributed by atoms with van der Waals surface area (Å²) in [7, 11) is 0. The molecule has 3 aromatic carbocycles. The average Bonchev–Trinajstić information content (AvgIpc) is 2.60. The molecule has 0 saturated heterocycles. The number of carbonyl (C=O) groups is 2. The van der Waals surface area contributed by atoms with Crippen molar-refractivity contribution < 1.29 is 9.59 Å². The number of fused-ring (bicyclic) bond motifs is 1. The summed E-state index contributed by atoms with van der Waals surface area (Å²) >= 11 is 0. The van der Waals surface area contributed by atoms with Crippen LogP contribution < -0.4 is 11.1 Å².